The Kier molecular flexibility index (Phi) is 8.74. The Hall–Kier alpha value is -0.330. The average Bonchev–Trinajstić information content (AvgIpc) is 2.22. The highest BCUT2D eigenvalue weighted by Crippen LogP contribution is 2.21. The van der Waals surface area contributed by atoms with Crippen LogP contribution in [-0.4, -0.2) is 6.29 Å². The molecule has 0 saturated heterocycles. The monoisotopic (exact) mass is 212 g/mol. The van der Waals surface area contributed by atoms with Crippen molar-refractivity contribution >= 4 is 6.29 Å². The van der Waals surface area contributed by atoms with E-state index in [1.54, 1.807) is 0 Å². The van der Waals surface area contributed by atoms with Gasteiger partial charge in [0.2, 0.25) is 0 Å². The standard InChI is InChI=1S/C14H28O/c1-4-5-6-7-8-9-10-11-12-14(2,3)13-15/h13H,4-12H2,1-3H3. The van der Waals surface area contributed by atoms with Crippen LogP contribution in [0.1, 0.15) is 78.6 Å². The number of unbranched alkanes of at least 4 members (excludes halogenated alkanes) is 7. The second-order valence-corrected chi connectivity index (χ2v) is 5.33. The third-order valence-corrected chi connectivity index (χ3v) is 2.99. The summed E-state index contributed by atoms with van der Waals surface area (Å²) >= 11 is 0. The first-order valence-corrected chi connectivity index (χ1v) is 6.59. The quantitative estimate of drug-likeness (QED) is 0.377. The maximum atomic E-state index is 10.7. The minimum atomic E-state index is -0.0950. The Balaban J connectivity index is 3.15. The van der Waals surface area contributed by atoms with Gasteiger partial charge in [-0.1, -0.05) is 72.1 Å². The van der Waals surface area contributed by atoms with Crippen LogP contribution in [0.4, 0.5) is 0 Å². The van der Waals surface area contributed by atoms with E-state index < -0.39 is 0 Å². The molecule has 90 valence electrons. The van der Waals surface area contributed by atoms with E-state index in [0.29, 0.717) is 0 Å². The number of carbonyl (C=O) groups excluding carboxylic acids is 1. The van der Waals surface area contributed by atoms with Gasteiger partial charge in [0.25, 0.3) is 0 Å². The Labute approximate surface area is 95.6 Å². The van der Waals surface area contributed by atoms with E-state index in [4.69, 9.17) is 0 Å². The molecular formula is C14H28O. The van der Waals surface area contributed by atoms with Crippen LogP contribution >= 0.6 is 0 Å². The number of rotatable bonds is 10. The van der Waals surface area contributed by atoms with E-state index >= 15 is 0 Å². The van der Waals surface area contributed by atoms with Crippen LogP contribution in [0.3, 0.4) is 0 Å². The van der Waals surface area contributed by atoms with Gasteiger partial charge in [-0.2, -0.15) is 0 Å². The molecule has 0 fully saturated rings. The van der Waals surface area contributed by atoms with Gasteiger partial charge >= 0.3 is 0 Å². The second-order valence-electron chi connectivity index (χ2n) is 5.33. The molecule has 0 saturated carbocycles. The van der Waals surface area contributed by atoms with Gasteiger partial charge in [0.1, 0.15) is 6.29 Å². The van der Waals surface area contributed by atoms with E-state index in [0.717, 1.165) is 12.7 Å². The summed E-state index contributed by atoms with van der Waals surface area (Å²) < 4.78 is 0. The molecule has 0 unspecified atom stereocenters. The molecule has 1 nitrogen and oxygen atoms in total. The summed E-state index contributed by atoms with van der Waals surface area (Å²) in [6.07, 6.45) is 12.9. The van der Waals surface area contributed by atoms with Gasteiger partial charge in [0, 0.05) is 5.41 Å². The Morgan fingerprint density at radius 2 is 1.33 bits per heavy atom. The molecule has 0 radical (unpaired) electrons. The van der Waals surface area contributed by atoms with Gasteiger partial charge in [0.05, 0.1) is 0 Å². The highest BCUT2D eigenvalue weighted by Gasteiger charge is 2.14. The first-order chi connectivity index (χ1) is 7.12. The summed E-state index contributed by atoms with van der Waals surface area (Å²) in [6.45, 7) is 6.31. The topological polar surface area (TPSA) is 17.1 Å². The van der Waals surface area contributed by atoms with Crippen molar-refractivity contribution in [1.82, 2.24) is 0 Å². The summed E-state index contributed by atoms with van der Waals surface area (Å²) in [4.78, 5) is 10.7. The lowest BCUT2D eigenvalue weighted by molar-refractivity contribution is -0.115. The predicted molar refractivity (Wildman–Crippen MR) is 67.1 cm³/mol. The van der Waals surface area contributed by atoms with Crippen molar-refractivity contribution in [3.05, 3.63) is 0 Å². The second kappa shape index (κ2) is 8.94. The Morgan fingerprint density at radius 1 is 0.867 bits per heavy atom. The fourth-order valence-electron chi connectivity index (χ4n) is 1.77. The van der Waals surface area contributed by atoms with Gasteiger partial charge in [0.15, 0.2) is 0 Å². The summed E-state index contributed by atoms with van der Waals surface area (Å²) in [6, 6.07) is 0. The highest BCUT2D eigenvalue weighted by molar-refractivity contribution is 5.57. The molecule has 0 aliphatic rings. The molecule has 0 atom stereocenters. The summed E-state index contributed by atoms with van der Waals surface area (Å²) in [5.74, 6) is 0. The van der Waals surface area contributed by atoms with E-state index in [9.17, 15) is 4.79 Å². The zero-order valence-corrected chi connectivity index (χ0v) is 10.8. The van der Waals surface area contributed by atoms with E-state index in [2.05, 4.69) is 6.92 Å². The average molecular weight is 212 g/mol. The van der Waals surface area contributed by atoms with E-state index in [1.165, 1.54) is 51.4 Å². The lowest BCUT2D eigenvalue weighted by Gasteiger charge is -2.15. The minimum absolute atomic E-state index is 0.0950. The molecule has 0 aliphatic heterocycles. The fourth-order valence-corrected chi connectivity index (χ4v) is 1.77. The van der Waals surface area contributed by atoms with E-state index in [-0.39, 0.29) is 5.41 Å². The molecule has 0 aromatic heterocycles. The van der Waals surface area contributed by atoms with Gasteiger partial charge in [-0.25, -0.2) is 0 Å². The molecule has 0 aromatic carbocycles. The summed E-state index contributed by atoms with van der Waals surface area (Å²) in [7, 11) is 0. The van der Waals surface area contributed by atoms with Crippen molar-refractivity contribution < 1.29 is 4.79 Å². The normalized spacial score (nSPS) is 11.7. The van der Waals surface area contributed by atoms with Crippen LogP contribution in [0.5, 0.6) is 0 Å². The highest BCUT2D eigenvalue weighted by atomic mass is 16.1. The zero-order chi connectivity index (χ0) is 11.6. The van der Waals surface area contributed by atoms with Crippen molar-refractivity contribution in [2.24, 2.45) is 5.41 Å². The van der Waals surface area contributed by atoms with Gasteiger partial charge < -0.3 is 4.79 Å². The summed E-state index contributed by atoms with van der Waals surface area (Å²) in [5.41, 5.74) is -0.0950. The first-order valence-electron chi connectivity index (χ1n) is 6.59. The molecule has 0 amide bonds. The van der Waals surface area contributed by atoms with Crippen molar-refractivity contribution in [1.29, 1.82) is 0 Å². The molecule has 0 spiro atoms. The first kappa shape index (κ1) is 14.7. The van der Waals surface area contributed by atoms with Crippen LogP contribution in [0, 0.1) is 5.41 Å². The van der Waals surface area contributed by atoms with Crippen molar-refractivity contribution in [3.63, 3.8) is 0 Å². The van der Waals surface area contributed by atoms with Crippen LogP contribution in [0.2, 0.25) is 0 Å². The fraction of sp³-hybridized carbons (Fsp3) is 0.929. The van der Waals surface area contributed by atoms with Crippen LogP contribution in [-0.2, 0) is 4.79 Å². The molecule has 1 heteroatoms. The zero-order valence-electron chi connectivity index (χ0n) is 10.8. The predicted octanol–water partition coefficient (Wildman–Crippen LogP) is 4.74. The third-order valence-electron chi connectivity index (χ3n) is 2.99. The molecule has 0 N–H and O–H groups in total. The lowest BCUT2D eigenvalue weighted by Crippen LogP contribution is -2.12. The summed E-state index contributed by atoms with van der Waals surface area (Å²) in [5, 5.41) is 0. The van der Waals surface area contributed by atoms with Crippen LogP contribution in [0.15, 0.2) is 0 Å². The van der Waals surface area contributed by atoms with Gasteiger partial charge in [-0.15, -0.1) is 0 Å². The van der Waals surface area contributed by atoms with Crippen molar-refractivity contribution in [2.45, 2.75) is 78.6 Å². The molecular weight excluding hydrogens is 184 g/mol. The number of carbonyl (C=O) groups is 1. The molecule has 0 bridgehead atoms. The van der Waals surface area contributed by atoms with Crippen LogP contribution < -0.4 is 0 Å². The van der Waals surface area contributed by atoms with Crippen molar-refractivity contribution in [2.75, 3.05) is 0 Å². The lowest BCUT2D eigenvalue weighted by atomic mass is 9.88. The minimum Gasteiger partial charge on any atom is -0.303 e. The number of hydrogen-bond acceptors (Lipinski definition) is 1. The Bertz CT molecular complexity index is 149. The SMILES string of the molecule is CCCCCCCCCCC(C)(C)C=O. The largest absolute Gasteiger partial charge is 0.303 e. The van der Waals surface area contributed by atoms with Gasteiger partial charge in [-0.3, -0.25) is 0 Å². The maximum absolute atomic E-state index is 10.7. The molecule has 0 aromatic rings. The number of hydrogen-bond donors (Lipinski definition) is 0. The maximum Gasteiger partial charge on any atom is 0.125 e. The molecule has 0 aliphatic carbocycles. The van der Waals surface area contributed by atoms with Crippen LogP contribution in [0.25, 0.3) is 0 Å². The molecule has 0 heterocycles. The molecule has 0 rings (SSSR count). The smallest absolute Gasteiger partial charge is 0.125 e. The number of aldehydes is 1. The molecule has 15 heavy (non-hydrogen) atoms. The van der Waals surface area contributed by atoms with Gasteiger partial charge in [-0.05, 0) is 6.42 Å². The van der Waals surface area contributed by atoms with Crippen molar-refractivity contribution in [3.8, 4) is 0 Å². The Morgan fingerprint density at radius 3 is 1.80 bits per heavy atom. The van der Waals surface area contributed by atoms with E-state index in [1.807, 2.05) is 13.8 Å². The third kappa shape index (κ3) is 9.96.